The highest BCUT2D eigenvalue weighted by molar-refractivity contribution is 6.02. The molecule has 2 aromatic heterocycles. The molecule has 1 aromatic carbocycles. The van der Waals surface area contributed by atoms with E-state index in [0.29, 0.717) is 24.5 Å². The molecule has 0 aliphatic carbocycles. The SMILES string of the molecule is CC(=O)Nc1c(C(=O)N2CCN(c3cccc[nH+]3)CC2)cnn1-c1ccc(C)cc1. The van der Waals surface area contributed by atoms with E-state index in [2.05, 4.69) is 20.3 Å². The third kappa shape index (κ3) is 4.03. The normalized spacial score (nSPS) is 13.9. The fraction of sp³-hybridized carbons (Fsp3) is 0.273. The van der Waals surface area contributed by atoms with Gasteiger partial charge in [-0.1, -0.05) is 23.8 Å². The molecule has 0 spiro atoms. The Morgan fingerprint density at radius 3 is 2.40 bits per heavy atom. The van der Waals surface area contributed by atoms with E-state index in [1.807, 2.05) is 55.6 Å². The van der Waals surface area contributed by atoms with Crippen molar-refractivity contribution < 1.29 is 14.6 Å². The third-order valence-electron chi connectivity index (χ3n) is 5.17. The van der Waals surface area contributed by atoms with Crippen molar-refractivity contribution in [3.8, 4) is 5.69 Å². The quantitative estimate of drug-likeness (QED) is 0.719. The number of H-pyrrole nitrogens is 1. The summed E-state index contributed by atoms with van der Waals surface area (Å²) in [6.07, 6.45) is 3.43. The fourth-order valence-corrected chi connectivity index (χ4v) is 3.58. The Hall–Kier alpha value is -3.68. The van der Waals surface area contributed by atoms with Gasteiger partial charge in [0.05, 0.1) is 31.2 Å². The minimum Gasteiger partial charge on any atom is -0.331 e. The number of rotatable bonds is 4. The standard InChI is InChI=1S/C22H24N6O2/c1-16-6-8-18(9-7-16)28-21(25-17(2)29)19(15-24-28)22(30)27-13-11-26(12-14-27)20-5-3-4-10-23-20/h3-10,15H,11-14H2,1-2H3,(H,25,29)/p+1. The molecule has 8 nitrogen and oxygen atoms in total. The molecule has 1 aliphatic heterocycles. The predicted molar refractivity (Wildman–Crippen MR) is 114 cm³/mol. The van der Waals surface area contributed by atoms with Crippen molar-refractivity contribution in [3.63, 3.8) is 0 Å². The number of carbonyl (C=O) groups is 2. The van der Waals surface area contributed by atoms with Crippen LogP contribution in [0.15, 0.2) is 54.9 Å². The van der Waals surface area contributed by atoms with Crippen LogP contribution in [0.2, 0.25) is 0 Å². The number of aromatic amines is 1. The Kier molecular flexibility index (Phi) is 5.47. The van der Waals surface area contributed by atoms with Crippen molar-refractivity contribution in [2.75, 3.05) is 36.4 Å². The van der Waals surface area contributed by atoms with Crippen LogP contribution in [0.4, 0.5) is 11.6 Å². The van der Waals surface area contributed by atoms with E-state index in [9.17, 15) is 9.59 Å². The topological polar surface area (TPSA) is 84.6 Å². The zero-order valence-corrected chi connectivity index (χ0v) is 17.1. The highest BCUT2D eigenvalue weighted by Gasteiger charge is 2.29. The maximum atomic E-state index is 13.2. The van der Waals surface area contributed by atoms with Crippen molar-refractivity contribution in [2.45, 2.75) is 13.8 Å². The number of amides is 2. The molecule has 0 unspecified atom stereocenters. The van der Waals surface area contributed by atoms with Crippen LogP contribution in [-0.4, -0.2) is 52.7 Å². The number of aromatic nitrogens is 3. The number of hydrogen-bond donors (Lipinski definition) is 1. The van der Waals surface area contributed by atoms with Crippen molar-refractivity contribution in [3.05, 3.63) is 66.0 Å². The number of piperazine rings is 1. The number of aryl methyl sites for hydroxylation is 1. The molecular weight excluding hydrogens is 380 g/mol. The van der Waals surface area contributed by atoms with Crippen LogP contribution in [0.1, 0.15) is 22.8 Å². The molecule has 3 aromatic rings. The number of pyridine rings is 1. The lowest BCUT2D eigenvalue weighted by Gasteiger charge is -2.31. The second-order valence-corrected chi connectivity index (χ2v) is 7.36. The van der Waals surface area contributed by atoms with Gasteiger partial charge in [-0.15, -0.1) is 0 Å². The zero-order chi connectivity index (χ0) is 21.1. The summed E-state index contributed by atoms with van der Waals surface area (Å²) in [7, 11) is 0. The number of benzene rings is 1. The van der Waals surface area contributed by atoms with E-state index in [-0.39, 0.29) is 11.8 Å². The van der Waals surface area contributed by atoms with Gasteiger partial charge in [0.2, 0.25) is 5.91 Å². The largest absolute Gasteiger partial charge is 0.331 e. The first kappa shape index (κ1) is 19.6. The highest BCUT2D eigenvalue weighted by atomic mass is 16.2. The van der Waals surface area contributed by atoms with Gasteiger partial charge in [0.15, 0.2) is 0 Å². The monoisotopic (exact) mass is 405 g/mol. The van der Waals surface area contributed by atoms with Gasteiger partial charge in [-0.25, -0.2) is 9.67 Å². The molecule has 1 aliphatic rings. The van der Waals surface area contributed by atoms with Gasteiger partial charge in [0.1, 0.15) is 24.5 Å². The minimum atomic E-state index is -0.248. The first-order chi connectivity index (χ1) is 14.5. The fourth-order valence-electron chi connectivity index (χ4n) is 3.58. The van der Waals surface area contributed by atoms with Crippen molar-refractivity contribution in [1.82, 2.24) is 14.7 Å². The van der Waals surface area contributed by atoms with Gasteiger partial charge >= 0.3 is 0 Å². The summed E-state index contributed by atoms with van der Waals surface area (Å²) < 4.78 is 1.60. The molecule has 2 N–H and O–H groups in total. The van der Waals surface area contributed by atoms with Gasteiger partial charge in [0.25, 0.3) is 11.7 Å². The molecule has 2 amide bonds. The smallest absolute Gasteiger partial charge is 0.274 e. The van der Waals surface area contributed by atoms with Crippen LogP contribution in [0.25, 0.3) is 5.69 Å². The Balaban J connectivity index is 1.55. The third-order valence-corrected chi connectivity index (χ3v) is 5.17. The van der Waals surface area contributed by atoms with E-state index in [1.54, 1.807) is 9.58 Å². The molecule has 8 heteroatoms. The Labute approximate surface area is 175 Å². The number of hydrogen-bond acceptors (Lipinski definition) is 4. The predicted octanol–water partition coefficient (Wildman–Crippen LogP) is 1.92. The molecule has 3 heterocycles. The summed E-state index contributed by atoms with van der Waals surface area (Å²) in [5.74, 6) is 1.06. The lowest BCUT2D eigenvalue weighted by atomic mass is 10.2. The van der Waals surface area contributed by atoms with Crippen LogP contribution in [0.5, 0.6) is 0 Å². The van der Waals surface area contributed by atoms with Crippen LogP contribution in [0, 0.1) is 6.92 Å². The molecule has 4 rings (SSSR count). The van der Waals surface area contributed by atoms with Crippen molar-refractivity contribution >= 4 is 23.5 Å². The highest BCUT2D eigenvalue weighted by Crippen LogP contribution is 2.23. The maximum absolute atomic E-state index is 13.2. The van der Waals surface area contributed by atoms with Gasteiger partial charge < -0.3 is 10.2 Å². The summed E-state index contributed by atoms with van der Waals surface area (Å²) in [5.41, 5.74) is 2.30. The van der Waals surface area contributed by atoms with Crippen LogP contribution < -0.4 is 15.2 Å². The first-order valence-electron chi connectivity index (χ1n) is 9.96. The lowest BCUT2D eigenvalue weighted by molar-refractivity contribution is -0.364. The molecule has 0 bridgehead atoms. The maximum Gasteiger partial charge on any atom is 0.274 e. The Bertz CT molecular complexity index is 1040. The van der Waals surface area contributed by atoms with Crippen LogP contribution >= 0.6 is 0 Å². The summed E-state index contributed by atoms with van der Waals surface area (Å²) in [4.78, 5) is 32.3. The number of carbonyl (C=O) groups excluding carboxylic acids is 2. The van der Waals surface area contributed by atoms with E-state index >= 15 is 0 Å². The van der Waals surface area contributed by atoms with Gasteiger partial charge in [-0.2, -0.15) is 5.10 Å². The Morgan fingerprint density at radius 1 is 1.03 bits per heavy atom. The number of anilines is 2. The van der Waals surface area contributed by atoms with Crippen molar-refractivity contribution in [2.24, 2.45) is 0 Å². The van der Waals surface area contributed by atoms with Gasteiger partial charge in [0, 0.05) is 13.0 Å². The van der Waals surface area contributed by atoms with E-state index < -0.39 is 0 Å². The molecule has 0 saturated carbocycles. The average Bonchev–Trinajstić information content (AvgIpc) is 3.17. The van der Waals surface area contributed by atoms with Crippen LogP contribution in [-0.2, 0) is 4.79 Å². The summed E-state index contributed by atoms with van der Waals surface area (Å²) in [6.45, 7) is 6.08. The first-order valence-corrected chi connectivity index (χ1v) is 9.96. The zero-order valence-electron chi connectivity index (χ0n) is 17.1. The average molecular weight is 405 g/mol. The summed E-state index contributed by atoms with van der Waals surface area (Å²) >= 11 is 0. The molecular formula is C22H25N6O2+. The Morgan fingerprint density at radius 2 is 1.77 bits per heavy atom. The number of nitrogens with zero attached hydrogens (tertiary/aromatic N) is 4. The molecule has 1 saturated heterocycles. The minimum absolute atomic E-state index is 0.131. The van der Waals surface area contributed by atoms with E-state index in [0.717, 1.165) is 30.2 Å². The molecule has 1 fully saturated rings. The molecule has 0 radical (unpaired) electrons. The number of nitrogens with one attached hydrogen (secondary N) is 2. The second kappa shape index (κ2) is 8.36. The van der Waals surface area contributed by atoms with Crippen LogP contribution in [0.3, 0.4) is 0 Å². The summed E-state index contributed by atoms with van der Waals surface area (Å²) in [6, 6.07) is 13.7. The van der Waals surface area contributed by atoms with Gasteiger partial charge in [-0.05, 0) is 25.1 Å². The second-order valence-electron chi connectivity index (χ2n) is 7.36. The lowest BCUT2D eigenvalue weighted by Crippen LogP contribution is -2.50. The van der Waals surface area contributed by atoms with E-state index in [1.165, 1.54) is 13.1 Å². The van der Waals surface area contributed by atoms with E-state index in [4.69, 9.17) is 0 Å². The molecule has 0 atom stereocenters. The summed E-state index contributed by atoms with van der Waals surface area (Å²) in [5, 5.41) is 7.17. The van der Waals surface area contributed by atoms with Crippen molar-refractivity contribution in [1.29, 1.82) is 0 Å². The molecule has 30 heavy (non-hydrogen) atoms. The van der Waals surface area contributed by atoms with Gasteiger partial charge in [-0.3, -0.25) is 14.5 Å². The molecule has 154 valence electrons.